The number of rotatable bonds is 5. The molecular formula is C12H17NO3. The van der Waals surface area contributed by atoms with Gasteiger partial charge in [0, 0.05) is 13.7 Å². The number of carbonyl (C=O) groups excluding carboxylic acids is 1. The van der Waals surface area contributed by atoms with E-state index in [4.69, 9.17) is 9.84 Å². The molecule has 1 aromatic rings. The van der Waals surface area contributed by atoms with E-state index >= 15 is 0 Å². The van der Waals surface area contributed by atoms with Crippen LogP contribution in [0, 0.1) is 0 Å². The van der Waals surface area contributed by atoms with Crippen LogP contribution in [0.3, 0.4) is 0 Å². The largest absolute Gasteiger partial charge is 0.481 e. The number of aliphatic hydroxyl groups is 1. The van der Waals surface area contributed by atoms with Crippen molar-refractivity contribution < 1.29 is 14.6 Å². The lowest BCUT2D eigenvalue weighted by Gasteiger charge is -2.13. The predicted octanol–water partition coefficient (Wildman–Crippen LogP) is 0.735. The molecule has 0 aliphatic carbocycles. The molecule has 4 heteroatoms. The molecule has 0 radical (unpaired) electrons. The van der Waals surface area contributed by atoms with E-state index in [-0.39, 0.29) is 12.5 Å². The van der Waals surface area contributed by atoms with Crippen LogP contribution in [0.25, 0.3) is 0 Å². The molecule has 0 aromatic heterocycles. The lowest BCUT2D eigenvalue weighted by Crippen LogP contribution is -2.33. The van der Waals surface area contributed by atoms with Crippen molar-refractivity contribution in [2.75, 3.05) is 13.7 Å². The quantitative estimate of drug-likeness (QED) is 0.774. The van der Waals surface area contributed by atoms with Crippen LogP contribution in [0.5, 0.6) is 5.75 Å². The number of aliphatic hydroxyl groups excluding tert-OH is 1. The summed E-state index contributed by atoms with van der Waals surface area (Å²) in [4.78, 5) is 11.2. The van der Waals surface area contributed by atoms with Crippen molar-refractivity contribution >= 4 is 5.91 Å². The first-order chi connectivity index (χ1) is 7.67. The molecular weight excluding hydrogens is 206 g/mol. The number of nitrogens with one attached hydrogen (secondary N) is 1. The molecule has 0 fully saturated rings. The van der Waals surface area contributed by atoms with Crippen molar-refractivity contribution in [3.63, 3.8) is 0 Å². The van der Waals surface area contributed by atoms with E-state index in [0.717, 1.165) is 5.56 Å². The lowest BCUT2D eigenvalue weighted by atomic mass is 10.1. The number of amides is 1. The molecule has 0 bridgehead atoms. The third-order valence-corrected chi connectivity index (χ3v) is 2.25. The fraction of sp³-hybridized carbons (Fsp3) is 0.417. The molecule has 1 unspecified atom stereocenters. The molecule has 2 N–H and O–H groups in total. The van der Waals surface area contributed by atoms with E-state index in [9.17, 15) is 4.79 Å². The van der Waals surface area contributed by atoms with Crippen molar-refractivity contribution in [2.45, 2.75) is 19.4 Å². The van der Waals surface area contributed by atoms with Crippen LogP contribution in [0.2, 0.25) is 0 Å². The normalized spacial score (nSPS) is 11.9. The van der Waals surface area contributed by atoms with Gasteiger partial charge in [-0.2, -0.15) is 0 Å². The standard InChI is InChI=1S/C12H17NO3/c1-9(12(15)13-2)16-11-5-3-10(4-6-11)7-8-14/h3-6,9,14H,7-8H2,1-2H3,(H,13,15). The van der Waals surface area contributed by atoms with E-state index < -0.39 is 6.10 Å². The maximum Gasteiger partial charge on any atom is 0.260 e. The fourth-order valence-electron chi connectivity index (χ4n) is 1.32. The van der Waals surface area contributed by atoms with Crippen molar-refractivity contribution in [2.24, 2.45) is 0 Å². The fourth-order valence-corrected chi connectivity index (χ4v) is 1.32. The minimum absolute atomic E-state index is 0.134. The van der Waals surface area contributed by atoms with Crippen LogP contribution in [0.4, 0.5) is 0 Å². The molecule has 1 amide bonds. The topological polar surface area (TPSA) is 58.6 Å². The number of carbonyl (C=O) groups is 1. The monoisotopic (exact) mass is 223 g/mol. The summed E-state index contributed by atoms with van der Waals surface area (Å²) in [6.45, 7) is 1.83. The molecule has 1 rings (SSSR count). The lowest BCUT2D eigenvalue weighted by molar-refractivity contribution is -0.126. The molecule has 0 heterocycles. The SMILES string of the molecule is CNC(=O)C(C)Oc1ccc(CCO)cc1. The Bertz CT molecular complexity index is 335. The zero-order chi connectivity index (χ0) is 12.0. The smallest absolute Gasteiger partial charge is 0.260 e. The van der Waals surface area contributed by atoms with Gasteiger partial charge < -0.3 is 15.2 Å². The van der Waals surface area contributed by atoms with Crippen molar-refractivity contribution in [1.29, 1.82) is 0 Å². The van der Waals surface area contributed by atoms with Gasteiger partial charge in [-0.15, -0.1) is 0 Å². The van der Waals surface area contributed by atoms with Gasteiger partial charge in [-0.25, -0.2) is 0 Å². The van der Waals surface area contributed by atoms with Gasteiger partial charge in [0.2, 0.25) is 0 Å². The van der Waals surface area contributed by atoms with Gasteiger partial charge in [-0.1, -0.05) is 12.1 Å². The number of likely N-dealkylation sites (N-methyl/N-ethyl adjacent to an activating group) is 1. The number of hydrogen-bond acceptors (Lipinski definition) is 3. The highest BCUT2D eigenvalue weighted by molar-refractivity contribution is 5.80. The Morgan fingerprint density at radius 1 is 1.44 bits per heavy atom. The second-order valence-electron chi connectivity index (χ2n) is 3.49. The van der Waals surface area contributed by atoms with Gasteiger partial charge in [0.1, 0.15) is 5.75 Å². The molecule has 1 atom stereocenters. The van der Waals surface area contributed by atoms with E-state index in [1.807, 2.05) is 12.1 Å². The Morgan fingerprint density at radius 3 is 2.56 bits per heavy atom. The van der Waals surface area contributed by atoms with E-state index in [1.54, 1.807) is 26.1 Å². The van der Waals surface area contributed by atoms with E-state index in [1.165, 1.54) is 0 Å². The Labute approximate surface area is 95.2 Å². The summed E-state index contributed by atoms with van der Waals surface area (Å²) >= 11 is 0. The van der Waals surface area contributed by atoms with Crippen LogP contribution in [-0.2, 0) is 11.2 Å². The van der Waals surface area contributed by atoms with Gasteiger partial charge >= 0.3 is 0 Å². The van der Waals surface area contributed by atoms with Crippen LogP contribution in [-0.4, -0.2) is 30.8 Å². The Morgan fingerprint density at radius 2 is 2.06 bits per heavy atom. The van der Waals surface area contributed by atoms with Gasteiger partial charge in [0.05, 0.1) is 0 Å². The van der Waals surface area contributed by atoms with Crippen molar-refractivity contribution in [3.05, 3.63) is 29.8 Å². The third kappa shape index (κ3) is 3.55. The maximum absolute atomic E-state index is 11.2. The Kier molecular flexibility index (Phi) is 4.79. The number of ether oxygens (including phenoxy) is 1. The summed E-state index contributed by atoms with van der Waals surface area (Å²) in [5.41, 5.74) is 1.04. The summed E-state index contributed by atoms with van der Waals surface area (Å²) in [6.07, 6.45) is 0.124. The molecule has 0 aliphatic rings. The summed E-state index contributed by atoms with van der Waals surface area (Å²) in [5.74, 6) is 0.497. The average molecular weight is 223 g/mol. The number of hydrogen-bond donors (Lipinski definition) is 2. The molecule has 88 valence electrons. The highest BCUT2D eigenvalue weighted by Crippen LogP contribution is 2.14. The highest BCUT2D eigenvalue weighted by atomic mass is 16.5. The number of benzene rings is 1. The van der Waals surface area contributed by atoms with Crippen LogP contribution in [0.1, 0.15) is 12.5 Å². The van der Waals surface area contributed by atoms with Crippen molar-refractivity contribution in [1.82, 2.24) is 5.32 Å². The van der Waals surface area contributed by atoms with Gasteiger partial charge in [0.25, 0.3) is 5.91 Å². The first-order valence-electron chi connectivity index (χ1n) is 5.25. The van der Waals surface area contributed by atoms with E-state index in [2.05, 4.69) is 5.32 Å². The molecule has 4 nitrogen and oxygen atoms in total. The molecule has 0 saturated carbocycles. The second-order valence-corrected chi connectivity index (χ2v) is 3.49. The van der Waals surface area contributed by atoms with Gasteiger partial charge in [-0.05, 0) is 31.0 Å². The molecule has 1 aromatic carbocycles. The first-order valence-corrected chi connectivity index (χ1v) is 5.25. The Balaban J connectivity index is 2.58. The summed E-state index contributed by atoms with van der Waals surface area (Å²) in [5, 5.41) is 11.3. The van der Waals surface area contributed by atoms with Crippen LogP contribution >= 0.6 is 0 Å². The zero-order valence-corrected chi connectivity index (χ0v) is 9.56. The van der Waals surface area contributed by atoms with Crippen LogP contribution < -0.4 is 10.1 Å². The second kappa shape index (κ2) is 6.12. The summed E-state index contributed by atoms with van der Waals surface area (Å²) < 4.78 is 5.43. The average Bonchev–Trinajstić information content (AvgIpc) is 2.31. The molecule has 0 saturated heterocycles. The zero-order valence-electron chi connectivity index (χ0n) is 9.56. The predicted molar refractivity (Wildman–Crippen MR) is 61.4 cm³/mol. The third-order valence-electron chi connectivity index (χ3n) is 2.25. The molecule has 0 aliphatic heterocycles. The van der Waals surface area contributed by atoms with Gasteiger partial charge in [0.15, 0.2) is 6.10 Å². The van der Waals surface area contributed by atoms with E-state index in [0.29, 0.717) is 12.2 Å². The summed E-state index contributed by atoms with van der Waals surface area (Å²) in [7, 11) is 1.58. The summed E-state index contributed by atoms with van der Waals surface area (Å²) in [6, 6.07) is 7.35. The Hall–Kier alpha value is -1.55. The molecule has 0 spiro atoms. The maximum atomic E-state index is 11.2. The van der Waals surface area contributed by atoms with Gasteiger partial charge in [-0.3, -0.25) is 4.79 Å². The van der Waals surface area contributed by atoms with Crippen molar-refractivity contribution in [3.8, 4) is 5.75 Å². The van der Waals surface area contributed by atoms with Crippen LogP contribution in [0.15, 0.2) is 24.3 Å². The highest BCUT2D eigenvalue weighted by Gasteiger charge is 2.11. The first kappa shape index (κ1) is 12.5. The minimum atomic E-state index is -0.506. The minimum Gasteiger partial charge on any atom is -0.481 e. The molecule has 16 heavy (non-hydrogen) atoms.